The van der Waals surface area contributed by atoms with E-state index in [2.05, 4.69) is 29.4 Å². The number of methoxy groups -OCH3 is 2. The summed E-state index contributed by atoms with van der Waals surface area (Å²) in [5.41, 5.74) is 3.37. The van der Waals surface area contributed by atoms with E-state index >= 15 is 0 Å². The van der Waals surface area contributed by atoms with Crippen molar-refractivity contribution in [1.29, 1.82) is 0 Å². The molecule has 30 heavy (non-hydrogen) atoms. The Morgan fingerprint density at radius 1 is 1.03 bits per heavy atom. The molecule has 1 N–H and O–H groups in total. The van der Waals surface area contributed by atoms with E-state index in [0.717, 1.165) is 62.6 Å². The van der Waals surface area contributed by atoms with Crippen molar-refractivity contribution < 1.29 is 14.3 Å². The number of amides is 1. The van der Waals surface area contributed by atoms with Crippen LogP contribution in [0.5, 0.6) is 11.5 Å². The molecule has 1 amide bonds. The molecule has 0 spiro atoms. The third-order valence-corrected chi connectivity index (χ3v) is 5.62. The molecule has 162 valence electrons. The van der Waals surface area contributed by atoms with Crippen LogP contribution < -0.4 is 14.8 Å². The van der Waals surface area contributed by atoms with Crippen LogP contribution in [0.15, 0.2) is 42.5 Å². The molecule has 6 heteroatoms. The first-order valence-electron chi connectivity index (χ1n) is 10.6. The molecule has 0 atom stereocenters. The Morgan fingerprint density at radius 3 is 2.43 bits per heavy atom. The van der Waals surface area contributed by atoms with Crippen LogP contribution in [-0.4, -0.2) is 69.7 Å². The number of hydrogen-bond acceptors (Lipinski definition) is 5. The van der Waals surface area contributed by atoms with Crippen molar-refractivity contribution in [1.82, 2.24) is 9.80 Å². The predicted molar refractivity (Wildman–Crippen MR) is 121 cm³/mol. The summed E-state index contributed by atoms with van der Waals surface area (Å²) in [6.45, 7) is 4.38. The molecule has 2 aromatic carbocycles. The lowest BCUT2D eigenvalue weighted by molar-refractivity contribution is -0.130. The summed E-state index contributed by atoms with van der Waals surface area (Å²) in [7, 11) is 5.40. The number of carbonyl (C=O) groups excluding carboxylic acids is 1. The van der Waals surface area contributed by atoms with Crippen molar-refractivity contribution in [2.24, 2.45) is 0 Å². The maximum absolute atomic E-state index is 12.8. The topological polar surface area (TPSA) is 54.0 Å². The van der Waals surface area contributed by atoms with Gasteiger partial charge in [-0.1, -0.05) is 18.2 Å². The first-order valence-corrected chi connectivity index (χ1v) is 10.6. The molecule has 1 heterocycles. The minimum atomic E-state index is 0.189. The summed E-state index contributed by atoms with van der Waals surface area (Å²) in [4.78, 5) is 17.1. The van der Waals surface area contributed by atoms with Gasteiger partial charge < -0.3 is 24.6 Å². The quantitative estimate of drug-likeness (QED) is 0.651. The normalized spacial score (nSPS) is 13.7. The lowest BCUT2D eigenvalue weighted by Gasteiger charge is -2.23. The largest absolute Gasteiger partial charge is 0.493 e. The average Bonchev–Trinajstić information content (AvgIpc) is 2.91. The van der Waals surface area contributed by atoms with Crippen LogP contribution in [0.25, 0.3) is 0 Å². The summed E-state index contributed by atoms with van der Waals surface area (Å²) in [6, 6.07) is 14.2. The summed E-state index contributed by atoms with van der Waals surface area (Å²) < 4.78 is 10.8. The number of fused-ring (bicyclic) bond motifs is 1. The fourth-order valence-electron chi connectivity index (χ4n) is 3.84. The van der Waals surface area contributed by atoms with Gasteiger partial charge in [0.05, 0.1) is 20.6 Å². The first kappa shape index (κ1) is 22.0. The molecular weight excluding hydrogens is 378 g/mol. The van der Waals surface area contributed by atoms with Gasteiger partial charge in [-0.15, -0.1) is 0 Å². The van der Waals surface area contributed by atoms with Gasteiger partial charge in [0.1, 0.15) is 0 Å². The second kappa shape index (κ2) is 10.9. The van der Waals surface area contributed by atoms with Crippen LogP contribution in [0.1, 0.15) is 17.5 Å². The van der Waals surface area contributed by atoms with Gasteiger partial charge in [-0.05, 0) is 61.8 Å². The lowest BCUT2D eigenvalue weighted by Crippen LogP contribution is -2.35. The molecule has 1 aliphatic heterocycles. The average molecular weight is 412 g/mol. The number of nitrogens with zero attached hydrogens (tertiary/aromatic N) is 2. The van der Waals surface area contributed by atoms with E-state index in [0.29, 0.717) is 12.2 Å². The smallest absolute Gasteiger partial charge is 0.227 e. The Morgan fingerprint density at radius 2 is 1.73 bits per heavy atom. The van der Waals surface area contributed by atoms with Crippen LogP contribution in [0.2, 0.25) is 0 Å². The molecule has 0 fully saturated rings. The molecular formula is C24H33N3O3. The zero-order valence-electron chi connectivity index (χ0n) is 18.3. The van der Waals surface area contributed by atoms with Crippen LogP contribution in [0.3, 0.4) is 0 Å². The van der Waals surface area contributed by atoms with Gasteiger partial charge >= 0.3 is 0 Å². The number of nitrogens with one attached hydrogen (secondary N) is 1. The minimum absolute atomic E-state index is 0.189. The highest BCUT2D eigenvalue weighted by molar-refractivity contribution is 5.80. The van der Waals surface area contributed by atoms with Gasteiger partial charge in [-0.25, -0.2) is 0 Å². The molecule has 1 aliphatic rings. The Balaban J connectivity index is 1.44. The third-order valence-electron chi connectivity index (χ3n) is 5.62. The molecule has 0 radical (unpaired) electrons. The van der Waals surface area contributed by atoms with Crippen molar-refractivity contribution >= 4 is 11.6 Å². The van der Waals surface area contributed by atoms with Gasteiger partial charge in [0, 0.05) is 31.9 Å². The summed E-state index contributed by atoms with van der Waals surface area (Å²) >= 11 is 0. The van der Waals surface area contributed by atoms with E-state index < -0.39 is 0 Å². The third kappa shape index (κ3) is 5.89. The van der Waals surface area contributed by atoms with Crippen molar-refractivity contribution in [2.75, 3.05) is 59.3 Å². The molecule has 0 aliphatic carbocycles. The van der Waals surface area contributed by atoms with Gasteiger partial charge in [0.25, 0.3) is 0 Å². The fraction of sp³-hybridized carbons (Fsp3) is 0.458. The van der Waals surface area contributed by atoms with Crippen LogP contribution in [0, 0.1) is 0 Å². The van der Waals surface area contributed by atoms with Crippen molar-refractivity contribution in [3.8, 4) is 11.5 Å². The number of benzene rings is 2. The molecule has 0 unspecified atom stereocenters. The predicted octanol–water partition coefficient (Wildman–Crippen LogP) is 3.07. The van der Waals surface area contributed by atoms with Gasteiger partial charge in [-0.3, -0.25) is 4.79 Å². The maximum Gasteiger partial charge on any atom is 0.227 e. The standard InChI is InChI=1S/C24H33N3O3/c1-26(15-11-25-21-8-5-4-6-9-21)12-7-13-27-14-10-19-16-22(29-2)23(30-3)17-20(19)18-24(27)28/h4-6,8-9,16-17,25H,7,10-15,18H2,1-3H3. The van der Waals surface area contributed by atoms with E-state index in [1.807, 2.05) is 35.2 Å². The van der Waals surface area contributed by atoms with Gasteiger partial charge in [-0.2, -0.15) is 0 Å². The summed E-state index contributed by atoms with van der Waals surface area (Å²) in [5, 5.41) is 3.43. The highest BCUT2D eigenvalue weighted by Gasteiger charge is 2.22. The Kier molecular flexibility index (Phi) is 7.97. The number of likely N-dealkylation sites (N-methyl/N-ethyl adjacent to an activating group) is 1. The SMILES string of the molecule is COc1cc2c(cc1OC)CC(=O)N(CCCN(C)CCNc1ccccc1)CC2. The highest BCUT2D eigenvalue weighted by Crippen LogP contribution is 2.32. The number of hydrogen-bond donors (Lipinski definition) is 1. The second-order valence-electron chi connectivity index (χ2n) is 7.73. The highest BCUT2D eigenvalue weighted by atomic mass is 16.5. The number of carbonyl (C=O) groups is 1. The van der Waals surface area contributed by atoms with Crippen LogP contribution >= 0.6 is 0 Å². The van der Waals surface area contributed by atoms with E-state index in [9.17, 15) is 4.79 Å². The first-order chi connectivity index (χ1) is 14.6. The van der Waals surface area contributed by atoms with Crippen molar-refractivity contribution in [2.45, 2.75) is 19.3 Å². The lowest BCUT2D eigenvalue weighted by atomic mass is 10.0. The molecule has 0 saturated carbocycles. The minimum Gasteiger partial charge on any atom is -0.493 e. The van der Waals surface area contributed by atoms with Gasteiger partial charge in [0.2, 0.25) is 5.91 Å². The zero-order valence-corrected chi connectivity index (χ0v) is 18.3. The Hall–Kier alpha value is -2.73. The number of ether oxygens (including phenoxy) is 2. The number of para-hydroxylation sites is 1. The van der Waals surface area contributed by atoms with E-state index in [1.54, 1.807) is 14.2 Å². The van der Waals surface area contributed by atoms with E-state index in [4.69, 9.17) is 9.47 Å². The molecule has 2 aromatic rings. The van der Waals surface area contributed by atoms with Crippen molar-refractivity contribution in [3.63, 3.8) is 0 Å². The van der Waals surface area contributed by atoms with Crippen LogP contribution in [-0.2, 0) is 17.6 Å². The van der Waals surface area contributed by atoms with E-state index in [1.165, 1.54) is 5.56 Å². The van der Waals surface area contributed by atoms with Crippen molar-refractivity contribution in [3.05, 3.63) is 53.6 Å². The molecule has 3 rings (SSSR count). The van der Waals surface area contributed by atoms with E-state index in [-0.39, 0.29) is 5.91 Å². The Bertz CT molecular complexity index is 826. The number of rotatable bonds is 10. The maximum atomic E-state index is 12.8. The molecule has 6 nitrogen and oxygen atoms in total. The molecule has 0 saturated heterocycles. The number of anilines is 1. The van der Waals surface area contributed by atoms with Crippen LogP contribution in [0.4, 0.5) is 5.69 Å². The zero-order chi connectivity index (χ0) is 21.3. The molecule has 0 aromatic heterocycles. The summed E-state index contributed by atoms with van der Waals surface area (Å²) in [5.74, 6) is 1.60. The molecule has 0 bridgehead atoms. The second-order valence-corrected chi connectivity index (χ2v) is 7.73. The summed E-state index contributed by atoms with van der Waals surface area (Å²) in [6.07, 6.45) is 2.24. The van der Waals surface area contributed by atoms with Gasteiger partial charge in [0.15, 0.2) is 11.5 Å². The Labute approximate surface area is 179 Å². The monoisotopic (exact) mass is 411 g/mol. The fourth-order valence-corrected chi connectivity index (χ4v) is 3.84.